The number of amides is 1. The van der Waals surface area contributed by atoms with Crippen molar-refractivity contribution < 1.29 is 22.7 Å². The summed E-state index contributed by atoms with van der Waals surface area (Å²) in [4.78, 5) is 15.4. The van der Waals surface area contributed by atoms with E-state index in [1.807, 2.05) is 0 Å². The molecule has 0 aliphatic heterocycles. The number of nitrogens with one attached hydrogen (secondary N) is 2. The fourth-order valence-electron chi connectivity index (χ4n) is 1.37. The summed E-state index contributed by atoms with van der Waals surface area (Å²) in [6, 6.07) is 1.47. The highest BCUT2D eigenvalue weighted by atomic mass is 19.2. The zero-order chi connectivity index (χ0) is 14.7. The molecule has 0 fully saturated rings. The van der Waals surface area contributed by atoms with Gasteiger partial charge in [0.15, 0.2) is 17.5 Å². The number of aromatic nitrogens is 3. The Kier molecular flexibility index (Phi) is 3.87. The maximum atomic E-state index is 13.4. The van der Waals surface area contributed by atoms with Gasteiger partial charge in [0, 0.05) is 0 Å². The van der Waals surface area contributed by atoms with Gasteiger partial charge in [-0.2, -0.15) is 4.98 Å². The molecule has 20 heavy (non-hydrogen) atoms. The summed E-state index contributed by atoms with van der Waals surface area (Å²) in [5, 5.41) is 8.08. The number of benzene rings is 1. The van der Waals surface area contributed by atoms with Gasteiger partial charge in [-0.3, -0.25) is 10.1 Å². The van der Waals surface area contributed by atoms with Gasteiger partial charge < -0.3 is 4.74 Å². The Labute approximate surface area is 111 Å². The third-order valence-electron chi connectivity index (χ3n) is 2.25. The fraction of sp³-hybridized carbons (Fsp3) is 0.182. The molecule has 0 aliphatic carbocycles. The van der Waals surface area contributed by atoms with Crippen LogP contribution in [0.1, 0.15) is 17.3 Å². The zero-order valence-corrected chi connectivity index (χ0v) is 10.2. The van der Waals surface area contributed by atoms with E-state index in [1.165, 1.54) is 0 Å². The van der Waals surface area contributed by atoms with Gasteiger partial charge in [0.25, 0.3) is 5.91 Å². The number of anilines is 1. The van der Waals surface area contributed by atoms with Gasteiger partial charge in [-0.05, 0) is 19.1 Å². The molecule has 1 amide bonds. The van der Waals surface area contributed by atoms with E-state index in [0.29, 0.717) is 12.7 Å². The van der Waals surface area contributed by atoms with Crippen LogP contribution in [0.2, 0.25) is 0 Å². The molecule has 2 N–H and O–H groups in total. The lowest BCUT2D eigenvalue weighted by Crippen LogP contribution is -2.16. The number of aromatic amines is 1. The fourth-order valence-corrected chi connectivity index (χ4v) is 1.37. The molecule has 0 radical (unpaired) electrons. The highest BCUT2D eigenvalue weighted by molar-refractivity contribution is 6.03. The Balaban J connectivity index is 2.17. The van der Waals surface area contributed by atoms with Crippen molar-refractivity contribution in [2.45, 2.75) is 6.92 Å². The van der Waals surface area contributed by atoms with Crippen LogP contribution in [0.25, 0.3) is 0 Å². The summed E-state index contributed by atoms with van der Waals surface area (Å²) >= 11 is 0. The molecule has 1 aromatic carbocycles. The number of H-pyrrole nitrogens is 1. The highest BCUT2D eigenvalue weighted by Gasteiger charge is 2.19. The van der Waals surface area contributed by atoms with E-state index in [4.69, 9.17) is 4.74 Å². The van der Waals surface area contributed by atoms with Crippen LogP contribution in [0.4, 0.5) is 19.1 Å². The van der Waals surface area contributed by atoms with Gasteiger partial charge in [0.05, 0.1) is 12.2 Å². The molecule has 9 heteroatoms. The Hall–Kier alpha value is -2.58. The smallest absolute Gasteiger partial charge is 0.337 e. The normalized spacial score (nSPS) is 10.4. The van der Waals surface area contributed by atoms with Crippen LogP contribution in [0.15, 0.2) is 12.1 Å². The van der Waals surface area contributed by atoms with Crippen LogP contribution in [-0.2, 0) is 0 Å². The number of hydrogen-bond acceptors (Lipinski definition) is 4. The SMILES string of the molecule is CCOc1n[nH]c(NC(=O)c2ccc(F)c(F)c2F)n1. The Morgan fingerprint density at radius 1 is 1.35 bits per heavy atom. The molecule has 2 aromatic rings. The molecule has 6 nitrogen and oxygen atoms in total. The number of nitrogens with zero attached hydrogens (tertiary/aromatic N) is 2. The molecule has 0 saturated carbocycles. The minimum atomic E-state index is -1.72. The Morgan fingerprint density at radius 3 is 2.80 bits per heavy atom. The van der Waals surface area contributed by atoms with E-state index in [-0.39, 0.29) is 12.0 Å². The summed E-state index contributed by atoms with van der Waals surface area (Å²) in [6.07, 6.45) is 0. The predicted molar refractivity (Wildman–Crippen MR) is 61.8 cm³/mol. The first-order chi connectivity index (χ1) is 9.52. The van der Waals surface area contributed by atoms with Crippen LogP contribution in [0.3, 0.4) is 0 Å². The molecule has 1 heterocycles. The maximum absolute atomic E-state index is 13.4. The highest BCUT2D eigenvalue weighted by Crippen LogP contribution is 2.16. The number of ether oxygens (including phenoxy) is 1. The van der Waals surface area contributed by atoms with Gasteiger partial charge in [0.1, 0.15) is 0 Å². The van der Waals surface area contributed by atoms with Crippen molar-refractivity contribution in [1.82, 2.24) is 15.2 Å². The third-order valence-corrected chi connectivity index (χ3v) is 2.25. The average molecular weight is 286 g/mol. The van der Waals surface area contributed by atoms with Crippen molar-refractivity contribution in [2.24, 2.45) is 0 Å². The van der Waals surface area contributed by atoms with Crippen LogP contribution in [0, 0.1) is 17.5 Å². The van der Waals surface area contributed by atoms with E-state index < -0.39 is 28.9 Å². The molecule has 106 valence electrons. The van der Waals surface area contributed by atoms with Gasteiger partial charge in [-0.25, -0.2) is 18.3 Å². The standard InChI is InChI=1S/C11H9F3N4O2/c1-2-20-11-16-10(17-18-11)15-9(19)5-3-4-6(12)8(14)7(5)13/h3-4H,2H2,1H3,(H2,15,16,17,18,19). The summed E-state index contributed by atoms with van der Waals surface area (Å²) in [7, 11) is 0. The average Bonchev–Trinajstić information content (AvgIpc) is 2.84. The molecule has 1 aromatic heterocycles. The second kappa shape index (κ2) is 5.59. The molecule has 0 bridgehead atoms. The van der Waals surface area contributed by atoms with Crippen LogP contribution >= 0.6 is 0 Å². The van der Waals surface area contributed by atoms with Crippen molar-refractivity contribution in [2.75, 3.05) is 11.9 Å². The lowest BCUT2D eigenvalue weighted by atomic mass is 10.2. The second-order valence-corrected chi connectivity index (χ2v) is 3.58. The minimum absolute atomic E-state index is 0.00596. The van der Waals surface area contributed by atoms with Crippen LogP contribution in [0.5, 0.6) is 6.01 Å². The molecular weight excluding hydrogens is 277 g/mol. The van der Waals surface area contributed by atoms with Crippen molar-refractivity contribution >= 4 is 11.9 Å². The molecule has 0 atom stereocenters. The van der Waals surface area contributed by atoms with E-state index >= 15 is 0 Å². The third kappa shape index (κ3) is 2.71. The molecule has 0 saturated heterocycles. The summed E-state index contributed by atoms with van der Waals surface area (Å²) in [5.74, 6) is -5.78. The maximum Gasteiger partial charge on any atom is 0.337 e. The van der Waals surface area contributed by atoms with Crippen LogP contribution in [-0.4, -0.2) is 27.7 Å². The van der Waals surface area contributed by atoms with E-state index in [9.17, 15) is 18.0 Å². The first-order valence-corrected chi connectivity index (χ1v) is 5.53. The zero-order valence-electron chi connectivity index (χ0n) is 10.2. The Bertz CT molecular complexity index is 645. The number of carbonyl (C=O) groups is 1. The number of carbonyl (C=O) groups excluding carboxylic acids is 1. The summed E-state index contributed by atoms with van der Waals surface area (Å²) in [5.41, 5.74) is -0.654. The monoisotopic (exact) mass is 286 g/mol. The molecule has 0 unspecified atom stereocenters. The van der Waals surface area contributed by atoms with Crippen molar-refractivity contribution in [1.29, 1.82) is 0 Å². The summed E-state index contributed by atoms with van der Waals surface area (Å²) < 4.78 is 44.1. The van der Waals surface area contributed by atoms with E-state index in [1.54, 1.807) is 6.92 Å². The minimum Gasteiger partial charge on any atom is -0.463 e. The number of rotatable bonds is 4. The largest absolute Gasteiger partial charge is 0.463 e. The van der Waals surface area contributed by atoms with Crippen molar-refractivity contribution in [3.63, 3.8) is 0 Å². The number of halogens is 3. The van der Waals surface area contributed by atoms with Gasteiger partial charge in [-0.1, -0.05) is 0 Å². The summed E-state index contributed by atoms with van der Waals surface area (Å²) in [6.45, 7) is 2.04. The lowest BCUT2D eigenvalue weighted by Gasteiger charge is -2.04. The van der Waals surface area contributed by atoms with Crippen LogP contribution < -0.4 is 10.1 Å². The van der Waals surface area contributed by atoms with Gasteiger partial charge >= 0.3 is 6.01 Å². The molecule has 0 aliphatic rings. The second-order valence-electron chi connectivity index (χ2n) is 3.58. The number of hydrogen-bond donors (Lipinski definition) is 2. The predicted octanol–water partition coefficient (Wildman–Crippen LogP) is 1.87. The van der Waals surface area contributed by atoms with E-state index in [2.05, 4.69) is 20.5 Å². The topological polar surface area (TPSA) is 79.9 Å². The molecular formula is C11H9F3N4O2. The Morgan fingerprint density at radius 2 is 2.10 bits per heavy atom. The molecule has 2 rings (SSSR count). The first-order valence-electron chi connectivity index (χ1n) is 5.53. The quantitative estimate of drug-likeness (QED) is 0.841. The van der Waals surface area contributed by atoms with Gasteiger partial charge in [0.2, 0.25) is 5.95 Å². The van der Waals surface area contributed by atoms with Crippen molar-refractivity contribution in [3.05, 3.63) is 35.1 Å². The molecule has 0 spiro atoms. The first kappa shape index (κ1) is 13.8. The van der Waals surface area contributed by atoms with Gasteiger partial charge in [-0.15, -0.1) is 5.10 Å². The lowest BCUT2D eigenvalue weighted by molar-refractivity contribution is 0.102. The van der Waals surface area contributed by atoms with E-state index in [0.717, 1.165) is 6.07 Å². The van der Waals surface area contributed by atoms with Crippen molar-refractivity contribution in [3.8, 4) is 6.01 Å².